The van der Waals surface area contributed by atoms with Crippen molar-refractivity contribution in [2.45, 2.75) is 39.7 Å². The highest BCUT2D eigenvalue weighted by atomic mass is 16.2. The minimum absolute atomic E-state index is 0.0398. The molecule has 0 bridgehead atoms. The molecule has 1 atom stereocenters. The average molecular weight is 378 g/mol. The Bertz CT molecular complexity index is 966. The maximum absolute atomic E-state index is 13.0. The number of likely N-dealkylation sites (tertiary alicyclic amines) is 1. The number of para-hydroxylation sites is 2. The average Bonchev–Trinajstić information content (AvgIpc) is 3.13. The van der Waals surface area contributed by atoms with Crippen LogP contribution >= 0.6 is 0 Å². The number of nitrogens with zero attached hydrogens (tertiary/aromatic N) is 6. The summed E-state index contributed by atoms with van der Waals surface area (Å²) in [5.41, 5.74) is 3.01. The van der Waals surface area contributed by atoms with Crippen molar-refractivity contribution in [1.29, 1.82) is 0 Å². The van der Waals surface area contributed by atoms with E-state index in [9.17, 15) is 4.79 Å². The van der Waals surface area contributed by atoms with E-state index < -0.39 is 0 Å². The molecule has 2 aromatic heterocycles. The molecule has 1 amide bonds. The molecular weight excluding hydrogens is 352 g/mol. The van der Waals surface area contributed by atoms with E-state index in [1.54, 1.807) is 6.20 Å². The molecule has 1 saturated heterocycles. The van der Waals surface area contributed by atoms with Crippen LogP contribution < -0.4 is 0 Å². The van der Waals surface area contributed by atoms with Crippen molar-refractivity contribution in [3.8, 4) is 0 Å². The van der Waals surface area contributed by atoms with Gasteiger partial charge in [-0.15, -0.1) is 5.10 Å². The first-order valence-corrected chi connectivity index (χ1v) is 9.98. The maximum atomic E-state index is 13.0. The topological polar surface area (TPSA) is 76.8 Å². The zero-order chi connectivity index (χ0) is 19.5. The SMILES string of the molecule is CC(C)Cc1cn(C[C@H]2CCCN(C(=O)c3cnc4ccccc4n3)C2)nn1. The number of hydrogen-bond acceptors (Lipinski definition) is 5. The number of piperidine rings is 1. The van der Waals surface area contributed by atoms with Gasteiger partial charge in [-0.1, -0.05) is 31.2 Å². The van der Waals surface area contributed by atoms with Crippen molar-refractivity contribution in [2.75, 3.05) is 13.1 Å². The molecule has 3 aromatic rings. The summed E-state index contributed by atoms with van der Waals surface area (Å²) >= 11 is 0. The van der Waals surface area contributed by atoms with Crippen LogP contribution in [-0.4, -0.2) is 48.9 Å². The number of rotatable bonds is 5. The Morgan fingerprint density at radius 2 is 2.07 bits per heavy atom. The lowest BCUT2D eigenvalue weighted by Gasteiger charge is -2.32. The molecule has 3 heterocycles. The van der Waals surface area contributed by atoms with Gasteiger partial charge in [0.05, 0.1) is 22.9 Å². The number of amides is 1. The Labute approximate surface area is 164 Å². The summed E-state index contributed by atoms with van der Waals surface area (Å²) in [7, 11) is 0. The van der Waals surface area contributed by atoms with E-state index in [1.165, 1.54) is 0 Å². The van der Waals surface area contributed by atoms with Crippen molar-refractivity contribution in [3.63, 3.8) is 0 Å². The molecule has 0 unspecified atom stereocenters. The summed E-state index contributed by atoms with van der Waals surface area (Å²) in [4.78, 5) is 23.7. The fraction of sp³-hybridized carbons (Fsp3) is 0.476. The number of hydrogen-bond donors (Lipinski definition) is 0. The molecule has 0 saturated carbocycles. The standard InChI is InChI=1S/C21H26N6O/c1-15(2)10-17-14-27(25-24-17)13-16-6-5-9-26(12-16)21(28)20-11-22-18-7-3-4-8-19(18)23-20/h3-4,7-8,11,14-16H,5-6,9-10,12-13H2,1-2H3/t16-/m0/s1. The van der Waals surface area contributed by atoms with Gasteiger partial charge in [0.2, 0.25) is 0 Å². The van der Waals surface area contributed by atoms with E-state index in [0.29, 0.717) is 24.1 Å². The minimum atomic E-state index is -0.0398. The lowest BCUT2D eigenvalue weighted by Crippen LogP contribution is -2.41. The number of carbonyl (C=O) groups is 1. The molecule has 28 heavy (non-hydrogen) atoms. The zero-order valence-electron chi connectivity index (χ0n) is 16.5. The zero-order valence-corrected chi connectivity index (χ0v) is 16.5. The molecule has 1 aliphatic heterocycles. The summed E-state index contributed by atoms with van der Waals surface area (Å²) in [6.07, 6.45) is 6.65. The third kappa shape index (κ3) is 4.18. The number of aromatic nitrogens is 5. The maximum Gasteiger partial charge on any atom is 0.274 e. The van der Waals surface area contributed by atoms with Crippen LogP contribution in [0.2, 0.25) is 0 Å². The summed E-state index contributed by atoms with van der Waals surface area (Å²) in [6.45, 7) is 6.63. The van der Waals surface area contributed by atoms with Gasteiger partial charge < -0.3 is 4.90 Å². The normalized spacial score (nSPS) is 17.4. The van der Waals surface area contributed by atoms with Gasteiger partial charge >= 0.3 is 0 Å². The van der Waals surface area contributed by atoms with Crippen molar-refractivity contribution in [3.05, 3.63) is 48.0 Å². The lowest BCUT2D eigenvalue weighted by atomic mass is 9.97. The van der Waals surface area contributed by atoms with E-state index in [4.69, 9.17) is 0 Å². The quantitative estimate of drug-likeness (QED) is 0.682. The van der Waals surface area contributed by atoms with Gasteiger partial charge in [-0.25, -0.2) is 4.98 Å². The molecule has 7 heteroatoms. The van der Waals surface area contributed by atoms with Crippen molar-refractivity contribution < 1.29 is 4.79 Å². The predicted molar refractivity (Wildman–Crippen MR) is 107 cm³/mol. The largest absolute Gasteiger partial charge is 0.337 e. The Hall–Kier alpha value is -2.83. The van der Waals surface area contributed by atoms with Gasteiger partial charge in [-0.2, -0.15) is 0 Å². The Kier molecular flexibility index (Phi) is 5.32. The van der Waals surface area contributed by atoms with Crippen molar-refractivity contribution in [2.24, 2.45) is 11.8 Å². The van der Waals surface area contributed by atoms with Crippen LogP contribution in [0.25, 0.3) is 11.0 Å². The molecular formula is C21H26N6O. The van der Waals surface area contributed by atoms with Crippen LogP contribution in [0.3, 0.4) is 0 Å². The first-order chi connectivity index (χ1) is 13.6. The highest BCUT2D eigenvalue weighted by molar-refractivity contribution is 5.93. The first-order valence-electron chi connectivity index (χ1n) is 9.98. The van der Waals surface area contributed by atoms with Crippen molar-refractivity contribution >= 4 is 16.9 Å². The Morgan fingerprint density at radius 1 is 1.25 bits per heavy atom. The highest BCUT2D eigenvalue weighted by Gasteiger charge is 2.26. The van der Waals surface area contributed by atoms with E-state index in [-0.39, 0.29) is 5.91 Å². The highest BCUT2D eigenvalue weighted by Crippen LogP contribution is 2.20. The van der Waals surface area contributed by atoms with Gasteiger partial charge in [0, 0.05) is 25.8 Å². The van der Waals surface area contributed by atoms with Crippen LogP contribution in [-0.2, 0) is 13.0 Å². The smallest absolute Gasteiger partial charge is 0.274 e. The van der Waals surface area contributed by atoms with Crippen LogP contribution in [0, 0.1) is 11.8 Å². The fourth-order valence-electron chi connectivity index (χ4n) is 3.82. The van der Waals surface area contributed by atoms with Crippen LogP contribution in [0.15, 0.2) is 36.7 Å². The third-order valence-electron chi connectivity index (χ3n) is 5.12. The van der Waals surface area contributed by atoms with Gasteiger partial charge in [0.1, 0.15) is 5.69 Å². The van der Waals surface area contributed by atoms with E-state index >= 15 is 0 Å². The predicted octanol–water partition coefficient (Wildman–Crippen LogP) is 2.97. The first kappa shape index (κ1) is 18.5. The van der Waals surface area contributed by atoms with Crippen LogP contribution in [0.5, 0.6) is 0 Å². The summed E-state index contributed by atoms with van der Waals surface area (Å²) < 4.78 is 1.92. The molecule has 0 radical (unpaired) electrons. The van der Waals surface area contributed by atoms with Crippen LogP contribution in [0.4, 0.5) is 0 Å². The number of carbonyl (C=O) groups excluding carboxylic acids is 1. The van der Waals surface area contributed by atoms with E-state index in [2.05, 4.69) is 34.1 Å². The second-order valence-electron chi connectivity index (χ2n) is 8.03. The van der Waals surface area contributed by atoms with Gasteiger partial charge in [-0.05, 0) is 43.2 Å². The lowest BCUT2D eigenvalue weighted by molar-refractivity contribution is 0.0653. The fourth-order valence-corrected chi connectivity index (χ4v) is 3.82. The summed E-state index contributed by atoms with van der Waals surface area (Å²) in [5, 5.41) is 8.53. The van der Waals surface area contributed by atoms with Crippen LogP contribution in [0.1, 0.15) is 42.9 Å². The molecule has 1 aliphatic rings. The van der Waals surface area contributed by atoms with E-state index in [1.807, 2.05) is 40.0 Å². The summed E-state index contributed by atoms with van der Waals surface area (Å²) in [6, 6.07) is 7.62. The minimum Gasteiger partial charge on any atom is -0.337 e. The Morgan fingerprint density at radius 3 is 2.89 bits per heavy atom. The molecule has 7 nitrogen and oxygen atoms in total. The Balaban J connectivity index is 1.42. The molecule has 0 aliphatic carbocycles. The van der Waals surface area contributed by atoms with Gasteiger partial charge in [0.25, 0.3) is 5.91 Å². The molecule has 0 N–H and O–H groups in total. The van der Waals surface area contributed by atoms with Crippen molar-refractivity contribution in [1.82, 2.24) is 29.9 Å². The molecule has 0 spiro atoms. The molecule has 4 rings (SSSR count). The molecule has 146 valence electrons. The van der Waals surface area contributed by atoms with Gasteiger partial charge in [-0.3, -0.25) is 14.5 Å². The second-order valence-corrected chi connectivity index (χ2v) is 8.03. The van der Waals surface area contributed by atoms with E-state index in [0.717, 1.165) is 49.1 Å². The molecule has 1 fully saturated rings. The molecule has 1 aromatic carbocycles. The number of fused-ring (bicyclic) bond motifs is 1. The second kappa shape index (κ2) is 8.04. The summed E-state index contributed by atoms with van der Waals surface area (Å²) in [5.74, 6) is 0.901. The monoisotopic (exact) mass is 378 g/mol. The van der Waals surface area contributed by atoms with Gasteiger partial charge in [0.15, 0.2) is 0 Å². The number of benzene rings is 1. The third-order valence-corrected chi connectivity index (χ3v) is 5.12.